The van der Waals surface area contributed by atoms with Gasteiger partial charge in [0.2, 0.25) is 5.82 Å². The number of aromatic nitrogens is 3. The molecule has 0 aliphatic rings. The zero-order valence-electron chi connectivity index (χ0n) is 15.9. The number of benzene rings is 2. The highest BCUT2D eigenvalue weighted by Crippen LogP contribution is 2.32. The third kappa shape index (κ3) is 4.22. The van der Waals surface area contributed by atoms with Gasteiger partial charge in [0.25, 0.3) is 5.91 Å². The van der Waals surface area contributed by atoms with Gasteiger partial charge in [0, 0.05) is 0 Å². The number of nitrogens with one attached hydrogen (secondary N) is 1. The van der Waals surface area contributed by atoms with Gasteiger partial charge in [-0.1, -0.05) is 51.1 Å². The van der Waals surface area contributed by atoms with Gasteiger partial charge in [0.15, 0.2) is 0 Å². The van der Waals surface area contributed by atoms with Crippen molar-refractivity contribution in [1.82, 2.24) is 20.1 Å². The van der Waals surface area contributed by atoms with Crippen LogP contribution in [0.3, 0.4) is 0 Å². The molecule has 3 rings (SSSR count). The van der Waals surface area contributed by atoms with E-state index in [4.69, 9.17) is 0 Å². The number of rotatable bonds is 4. The fourth-order valence-electron chi connectivity index (χ4n) is 2.95. The van der Waals surface area contributed by atoms with Gasteiger partial charge in [-0.3, -0.25) is 4.79 Å². The largest absolute Gasteiger partial charge is 0.342 e. The molecule has 5 nitrogen and oxygen atoms in total. The monoisotopic (exact) mass is 366 g/mol. The second-order valence-electron chi connectivity index (χ2n) is 7.55. The van der Waals surface area contributed by atoms with E-state index >= 15 is 0 Å². The number of halogens is 1. The van der Waals surface area contributed by atoms with Gasteiger partial charge in [-0.25, -0.2) is 14.1 Å². The molecule has 1 atom stereocenters. The Morgan fingerprint density at radius 3 is 2.30 bits per heavy atom. The maximum atomic E-state index is 13.1. The molecule has 0 aliphatic carbocycles. The van der Waals surface area contributed by atoms with E-state index in [1.807, 2.05) is 30.3 Å². The molecular formula is C21H23FN4O. The lowest BCUT2D eigenvalue weighted by Gasteiger charge is -2.31. The summed E-state index contributed by atoms with van der Waals surface area (Å²) >= 11 is 0. The number of hydrogen-bond acceptors (Lipinski definition) is 3. The minimum atomic E-state index is -0.345. The molecule has 6 heteroatoms. The summed E-state index contributed by atoms with van der Waals surface area (Å²) in [4.78, 5) is 17.1. The minimum absolute atomic E-state index is 0.0852. The normalized spacial score (nSPS) is 12.6. The molecule has 1 aromatic heterocycles. The molecule has 1 unspecified atom stereocenters. The van der Waals surface area contributed by atoms with Crippen molar-refractivity contribution in [3.8, 4) is 5.69 Å². The lowest BCUT2D eigenvalue weighted by Crippen LogP contribution is -2.37. The first kappa shape index (κ1) is 18.8. The lowest BCUT2D eigenvalue weighted by atomic mass is 9.82. The van der Waals surface area contributed by atoms with Crippen LogP contribution in [0.4, 0.5) is 4.39 Å². The van der Waals surface area contributed by atoms with Crippen LogP contribution in [0, 0.1) is 18.2 Å². The average Bonchev–Trinajstić information content (AvgIpc) is 3.02. The van der Waals surface area contributed by atoms with E-state index in [1.165, 1.54) is 16.8 Å². The molecular weight excluding hydrogens is 343 g/mol. The van der Waals surface area contributed by atoms with Gasteiger partial charge in [-0.05, 0) is 42.2 Å². The highest BCUT2D eigenvalue weighted by Gasteiger charge is 2.29. The molecule has 0 radical (unpaired) electrons. The predicted octanol–water partition coefficient (Wildman–Crippen LogP) is 4.23. The van der Waals surface area contributed by atoms with Crippen molar-refractivity contribution in [2.24, 2.45) is 5.41 Å². The van der Waals surface area contributed by atoms with Crippen molar-refractivity contribution >= 4 is 5.91 Å². The summed E-state index contributed by atoms with van der Waals surface area (Å²) in [6.45, 7) is 7.97. The molecule has 0 bridgehead atoms. The van der Waals surface area contributed by atoms with Crippen molar-refractivity contribution in [3.05, 3.63) is 77.6 Å². The first-order valence-corrected chi connectivity index (χ1v) is 8.81. The van der Waals surface area contributed by atoms with E-state index in [2.05, 4.69) is 36.2 Å². The summed E-state index contributed by atoms with van der Waals surface area (Å²) in [6.07, 6.45) is 0. The van der Waals surface area contributed by atoms with Gasteiger partial charge in [0.1, 0.15) is 11.6 Å². The molecule has 0 aliphatic heterocycles. The Morgan fingerprint density at radius 1 is 1.07 bits per heavy atom. The van der Waals surface area contributed by atoms with Gasteiger partial charge >= 0.3 is 0 Å². The highest BCUT2D eigenvalue weighted by molar-refractivity contribution is 5.90. The topological polar surface area (TPSA) is 59.8 Å². The van der Waals surface area contributed by atoms with Crippen LogP contribution in [-0.2, 0) is 0 Å². The van der Waals surface area contributed by atoms with Crippen LogP contribution in [-0.4, -0.2) is 20.7 Å². The smallest absolute Gasteiger partial charge is 0.291 e. The lowest BCUT2D eigenvalue weighted by molar-refractivity contribution is 0.0891. The summed E-state index contributed by atoms with van der Waals surface area (Å²) < 4.78 is 14.7. The average molecular weight is 366 g/mol. The maximum absolute atomic E-state index is 13.1. The van der Waals surface area contributed by atoms with Crippen LogP contribution >= 0.6 is 0 Å². The maximum Gasteiger partial charge on any atom is 0.291 e. The summed E-state index contributed by atoms with van der Waals surface area (Å²) in [7, 11) is 0. The molecule has 1 N–H and O–H groups in total. The second kappa shape index (κ2) is 7.31. The molecule has 3 aromatic rings. The van der Waals surface area contributed by atoms with Crippen LogP contribution < -0.4 is 5.32 Å². The SMILES string of the molecule is Cc1nc(C(=O)NC(c2ccccc2)C(C)(C)C)nn1-c1ccc(F)cc1. The summed E-state index contributed by atoms with van der Waals surface area (Å²) in [5, 5.41) is 7.36. The molecule has 0 fully saturated rings. The van der Waals surface area contributed by atoms with Crippen LogP contribution in [0.15, 0.2) is 54.6 Å². The molecule has 1 heterocycles. The molecule has 1 amide bonds. The quantitative estimate of drug-likeness (QED) is 0.752. The zero-order valence-corrected chi connectivity index (χ0v) is 15.9. The number of nitrogens with zero attached hydrogens (tertiary/aromatic N) is 3. The number of amides is 1. The summed E-state index contributed by atoms with van der Waals surface area (Å²) in [5.41, 5.74) is 1.48. The standard InChI is InChI=1S/C21H23FN4O/c1-14-23-19(25-26(14)17-12-10-16(22)11-13-17)20(27)24-18(21(2,3)4)15-8-6-5-7-9-15/h5-13,18H,1-4H3,(H,24,27). The first-order valence-electron chi connectivity index (χ1n) is 8.81. The Balaban J connectivity index is 1.87. The number of carbonyl (C=O) groups is 1. The molecule has 0 saturated heterocycles. The Morgan fingerprint density at radius 2 is 1.70 bits per heavy atom. The number of aryl methyl sites for hydroxylation is 1. The van der Waals surface area contributed by atoms with E-state index < -0.39 is 0 Å². The molecule has 2 aromatic carbocycles. The van der Waals surface area contributed by atoms with Crippen molar-refractivity contribution in [2.45, 2.75) is 33.7 Å². The van der Waals surface area contributed by atoms with E-state index in [-0.39, 0.29) is 29.0 Å². The third-order valence-corrected chi connectivity index (χ3v) is 4.32. The van der Waals surface area contributed by atoms with Gasteiger partial charge in [-0.2, -0.15) is 0 Å². The van der Waals surface area contributed by atoms with E-state index in [0.717, 1.165) is 5.56 Å². The highest BCUT2D eigenvalue weighted by atomic mass is 19.1. The van der Waals surface area contributed by atoms with Gasteiger partial charge < -0.3 is 5.32 Å². The Bertz CT molecular complexity index is 927. The molecule has 0 saturated carbocycles. The first-order chi connectivity index (χ1) is 12.8. The van der Waals surface area contributed by atoms with Gasteiger partial charge in [0.05, 0.1) is 11.7 Å². The fraction of sp³-hybridized carbons (Fsp3) is 0.286. The number of hydrogen-bond donors (Lipinski definition) is 1. The van der Waals surface area contributed by atoms with Crippen molar-refractivity contribution < 1.29 is 9.18 Å². The number of carbonyl (C=O) groups excluding carboxylic acids is 1. The van der Waals surface area contributed by atoms with Crippen molar-refractivity contribution in [2.75, 3.05) is 0 Å². The Kier molecular flexibility index (Phi) is 5.08. The third-order valence-electron chi connectivity index (χ3n) is 4.32. The van der Waals surface area contributed by atoms with Gasteiger partial charge in [-0.15, -0.1) is 5.10 Å². The zero-order chi connectivity index (χ0) is 19.6. The van der Waals surface area contributed by atoms with Crippen molar-refractivity contribution in [3.63, 3.8) is 0 Å². The van der Waals surface area contributed by atoms with E-state index in [1.54, 1.807) is 19.1 Å². The molecule has 0 spiro atoms. The van der Waals surface area contributed by atoms with Crippen LogP contribution in [0.5, 0.6) is 0 Å². The minimum Gasteiger partial charge on any atom is -0.342 e. The summed E-state index contributed by atoms with van der Waals surface area (Å²) in [6, 6.07) is 15.5. The van der Waals surface area contributed by atoms with Crippen LogP contribution in [0.25, 0.3) is 5.69 Å². The van der Waals surface area contributed by atoms with E-state index in [9.17, 15) is 9.18 Å². The molecule has 140 valence electrons. The van der Waals surface area contributed by atoms with Crippen LogP contribution in [0.2, 0.25) is 0 Å². The predicted molar refractivity (Wildman–Crippen MR) is 102 cm³/mol. The van der Waals surface area contributed by atoms with Crippen LogP contribution in [0.1, 0.15) is 48.8 Å². The summed E-state index contributed by atoms with van der Waals surface area (Å²) in [5.74, 6) is -0.0334. The fourth-order valence-corrected chi connectivity index (χ4v) is 2.95. The molecule has 27 heavy (non-hydrogen) atoms. The Hall–Kier alpha value is -3.02. The Labute approximate surface area is 158 Å². The van der Waals surface area contributed by atoms with E-state index in [0.29, 0.717) is 11.5 Å². The van der Waals surface area contributed by atoms with Crippen molar-refractivity contribution in [1.29, 1.82) is 0 Å². The second-order valence-corrected chi connectivity index (χ2v) is 7.55.